The highest BCUT2D eigenvalue weighted by atomic mass is 79.9. The van der Waals surface area contributed by atoms with Gasteiger partial charge in [0.25, 0.3) is 0 Å². The second-order valence-corrected chi connectivity index (χ2v) is 7.85. The van der Waals surface area contributed by atoms with Crippen LogP contribution in [0.3, 0.4) is 0 Å². The topological polar surface area (TPSA) is 118 Å². The fraction of sp³-hybridized carbons (Fsp3) is 0.421. The molecule has 0 aliphatic carbocycles. The van der Waals surface area contributed by atoms with Crippen LogP contribution in [0.2, 0.25) is 0 Å². The number of aromatic nitrogens is 1. The normalized spacial score (nSPS) is 16.7. The van der Waals surface area contributed by atoms with E-state index in [4.69, 9.17) is 10.5 Å². The number of nitrogens with two attached hydrogens (primary N) is 1. The molecule has 0 saturated carbocycles. The average Bonchev–Trinajstić information content (AvgIpc) is 3.04. The molecule has 2 heterocycles. The highest BCUT2D eigenvalue weighted by molar-refractivity contribution is 9.10. The summed E-state index contributed by atoms with van der Waals surface area (Å²) >= 11 is 3.42. The van der Waals surface area contributed by atoms with E-state index in [1.54, 1.807) is 0 Å². The summed E-state index contributed by atoms with van der Waals surface area (Å²) in [5.41, 5.74) is 6.68. The summed E-state index contributed by atoms with van der Waals surface area (Å²) < 4.78 is 5.67. The number of fused-ring (bicyclic) bond motifs is 1. The Morgan fingerprint density at radius 3 is 2.61 bits per heavy atom. The largest absolute Gasteiger partial charge is 0.464 e. The minimum absolute atomic E-state index is 0.136. The number of hydrogen-bond donors (Lipinski definition) is 3. The van der Waals surface area contributed by atoms with Crippen LogP contribution in [0.5, 0.6) is 0 Å². The van der Waals surface area contributed by atoms with E-state index in [0.29, 0.717) is 42.5 Å². The first kappa shape index (κ1) is 20.3. The molecule has 2 amide bonds. The van der Waals surface area contributed by atoms with Crippen molar-refractivity contribution in [1.82, 2.24) is 9.88 Å². The fourth-order valence-corrected chi connectivity index (χ4v) is 3.87. The third-order valence-electron chi connectivity index (χ3n) is 5.26. The van der Waals surface area contributed by atoms with Crippen LogP contribution in [0.4, 0.5) is 5.69 Å². The van der Waals surface area contributed by atoms with E-state index in [1.165, 1.54) is 7.11 Å². The van der Waals surface area contributed by atoms with Crippen molar-refractivity contribution < 1.29 is 19.1 Å². The second-order valence-electron chi connectivity index (χ2n) is 6.93. The monoisotopic (exact) mass is 450 g/mol. The van der Waals surface area contributed by atoms with Gasteiger partial charge in [0.05, 0.1) is 18.8 Å². The molecule has 0 bridgehead atoms. The van der Waals surface area contributed by atoms with Gasteiger partial charge in [0.2, 0.25) is 11.8 Å². The van der Waals surface area contributed by atoms with Crippen molar-refractivity contribution in [3.05, 3.63) is 28.4 Å². The van der Waals surface area contributed by atoms with Crippen LogP contribution < -0.4 is 11.1 Å². The van der Waals surface area contributed by atoms with Crippen molar-refractivity contribution in [3.63, 3.8) is 0 Å². The molecule has 1 aliphatic heterocycles. The maximum Gasteiger partial charge on any atom is 0.356 e. The molecule has 1 fully saturated rings. The molecule has 1 aliphatic rings. The first-order valence-corrected chi connectivity index (χ1v) is 9.85. The predicted molar refractivity (Wildman–Crippen MR) is 109 cm³/mol. The number of piperidine rings is 1. The standard InChI is InChI=1S/C19H23BrN4O4/c1-10(24-7-5-11(6-8-24)17(21)25)18(26)23-15-13-9-12(20)3-4-14(13)22-16(15)19(27)28-2/h3-4,9-11,22H,5-8H2,1-2H3,(H2,21,25)(H,23,26)/t10-/m1/s1. The van der Waals surface area contributed by atoms with Gasteiger partial charge in [-0.25, -0.2) is 4.79 Å². The minimum atomic E-state index is -0.558. The molecule has 0 radical (unpaired) electrons. The molecule has 28 heavy (non-hydrogen) atoms. The number of nitrogens with one attached hydrogen (secondary N) is 2. The molecule has 0 unspecified atom stereocenters. The molecule has 1 saturated heterocycles. The Bertz CT molecular complexity index is 918. The van der Waals surface area contributed by atoms with Crippen molar-refractivity contribution >= 4 is 50.3 Å². The van der Waals surface area contributed by atoms with E-state index < -0.39 is 12.0 Å². The molecule has 4 N–H and O–H groups in total. The number of benzene rings is 1. The molecule has 1 aromatic heterocycles. The zero-order valence-corrected chi connectivity index (χ0v) is 17.3. The summed E-state index contributed by atoms with van der Waals surface area (Å²) in [5.74, 6) is -1.21. The van der Waals surface area contributed by atoms with Gasteiger partial charge in [0, 0.05) is 21.3 Å². The number of rotatable bonds is 5. The van der Waals surface area contributed by atoms with Crippen molar-refractivity contribution in [3.8, 4) is 0 Å². The van der Waals surface area contributed by atoms with Gasteiger partial charge >= 0.3 is 5.97 Å². The van der Waals surface area contributed by atoms with Gasteiger partial charge in [0.15, 0.2) is 0 Å². The van der Waals surface area contributed by atoms with E-state index in [0.717, 1.165) is 4.47 Å². The Hall–Kier alpha value is -2.39. The van der Waals surface area contributed by atoms with Gasteiger partial charge in [-0.2, -0.15) is 0 Å². The summed E-state index contributed by atoms with van der Waals surface area (Å²) in [6, 6.07) is 5.07. The highest BCUT2D eigenvalue weighted by Crippen LogP contribution is 2.31. The number of carbonyl (C=O) groups is 3. The van der Waals surface area contributed by atoms with Crippen LogP contribution in [0.1, 0.15) is 30.3 Å². The Morgan fingerprint density at radius 2 is 2.00 bits per heavy atom. The summed E-state index contributed by atoms with van der Waals surface area (Å²) in [7, 11) is 1.29. The van der Waals surface area contributed by atoms with E-state index in [2.05, 4.69) is 26.2 Å². The van der Waals surface area contributed by atoms with Gasteiger partial charge in [-0.1, -0.05) is 15.9 Å². The maximum atomic E-state index is 12.9. The molecule has 1 atom stereocenters. The summed E-state index contributed by atoms with van der Waals surface area (Å²) in [4.78, 5) is 41.4. The molecular weight excluding hydrogens is 428 g/mol. The lowest BCUT2D eigenvalue weighted by Crippen LogP contribution is -2.47. The summed E-state index contributed by atoms with van der Waals surface area (Å²) in [6.07, 6.45) is 1.28. The van der Waals surface area contributed by atoms with Crippen molar-refractivity contribution in [2.24, 2.45) is 11.7 Å². The number of halogens is 1. The predicted octanol–water partition coefficient (Wildman–Crippen LogP) is 2.24. The zero-order valence-electron chi connectivity index (χ0n) is 15.8. The minimum Gasteiger partial charge on any atom is -0.464 e. The quantitative estimate of drug-likeness (QED) is 0.603. The van der Waals surface area contributed by atoms with Crippen molar-refractivity contribution in [2.45, 2.75) is 25.8 Å². The number of likely N-dealkylation sites (tertiary alicyclic amines) is 1. The van der Waals surface area contributed by atoms with Crippen LogP contribution in [-0.2, 0) is 14.3 Å². The van der Waals surface area contributed by atoms with Gasteiger partial charge in [-0.15, -0.1) is 0 Å². The molecule has 0 spiro atoms. The molecule has 1 aromatic carbocycles. The third kappa shape index (κ3) is 4.05. The van der Waals surface area contributed by atoms with Crippen LogP contribution in [0, 0.1) is 5.92 Å². The third-order valence-corrected chi connectivity index (χ3v) is 5.75. The molecule has 150 valence electrons. The Morgan fingerprint density at radius 1 is 1.32 bits per heavy atom. The number of esters is 1. The Kier molecular flexibility index (Phi) is 6.04. The van der Waals surface area contributed by atoms with Crippen molar-refractivity contribution in [2.75, 3.05) is 25.5 Å². The molecule has 9 heteroatoms. The number of primary amides is 1. The summed E-state index contributed by atoms with van der Waals surface area (Å²) in [6.45, 7) is 3.04. The first-order chi connectivity index (χ1) is 13.3. The Labute approximate surface area is 170 Å². The van der Waals surface area contributed by atoms with Crippen molar-refractivity contribution in [1.29, 1.82) is 0 Å². The van der Waals surface area contributed by atoms with Gasteiger partial charge in [0.1, 0.15) is 5.69 Å². The maximum absolute atomic E-state index is 12.9. The van der Waals surface area contributed by atoms with Gasteiger partial charge in [-0.05, 0) is 51.1 Å². The smallest absolute Gasteiger partial charge is 0.356 e. The summed E-state index contributed by atoms with van der Waals surface area (Å²) in [5, 5.41) is 3.59. The number of ether oxygens (including phenoxy) is 1. The number of nitrogens with zero attached hydrogens (tertiary/aromatic N) is 1. The average molecular weight is 451 g/mol. The highest BCUT2D eigenvalue weighted by Gasteiger charge is 2.30. The fourth-order valence-electron chi connectivity index (χ4n) is 3.51. The Balaban J connectivity index is 1.81. The number of aromatic amines is 1. The second kappa shape index (κ2) is 8.32. The lowest BCUT2D eigenvalue weighted by Gasteiger charge is -2.34. The van der Waals surface area contributed by atoms with E-state index >= 15 is 0 Å². The van der Waals surface area contributed by atoms with Gasteiger partial charge < -0.3 is 20.8 Å². The number of H-pyrrole nitrogens is 1. The number of amides is 2. The molecular formula is C19H23BrN4O4. The SMILES string of the molecule is COC(=O)c1[nH]c2ccc(Br)cc2c1NC(=O)[C@@H](C)N1CCC(C(N)=O)CC1. The first-order valence-electron chi connectivity index (χ1n) is 9.05. The molecule has 3 rings (SSSR count). The van der Waals surface area contributed by atoms with E-state index in [9.17, 15) is 14.4 Å². The number of hydrogen-bond acceptors (Lipinski definition) is 5. The van der Waals surface area contributed by atoms with Crippen LogP contribution >= 0.6 is 15.9 Å². The van der Waals surface area contributed by atoms with Crippen LogP contribution in [0.15, 0.2) is 22.7 Å². The lowest BCUT2D eigenvalue weighted by atomic mass is 9.95. The van der Waals surface area contributed by atoms with Crippen LogP contribution in [0.25, 0.3) is 10.9 Å². The lowest BCUT2D eigenvalue weighted by molar-refractivity contribution is -0.124. The van der Waals surface area contributed by atoms with Gasteiger partial charge in [-0.3, -0.25) is 14.5 Å². The van der Waals surface area contributed by atoms with E-state index in [1.807, 2.05) is 30.0 Å². The molecule has 8 nitrogen and oxygen atoms in total. The number of anilines is 1. The number of carbonyl (C=O) groups excluding carboxylic acids is 3. The number of methoxy groups -OCH3 is 1. The van der Waals surface area contributed by atoms with E-state index in [-0.39, 0.29) is 23.4 Å². The molecule has 2 aromatic rings. The van der Waals surface area contributed by atoms with Crippen LogP contribution in [-0.4, -0.2) is 53.9 Å². The zero-order chi connectivity index (χ0) is 20.4.